The highest BCUT2D eigenvalue weighted by Gasteiger charge is 2.31. The quantitative estimate of drug-likeness (QED) is 0.696. The fraction of sp³-hybridized carbons (Fsp3) is 0.769. The molecule has 1 aliphatic heterocycles. The molecular weight excluding hydrogens is 280 g/mol. The Kier molecular flexibility index (Phi) is 6.41. The lowest BCUT2D eigenvalue weighted by molar-refractivity contribution is -0.158. The number of ether oxygens (including phenoxy) is 2. The number of hydrogen-bond donors (Lipinski definition) is 2. The average molecular weight is 302 g/mol. The zero-order chi connectivity index (χ0) is 16.0. The van der Waals surface area contributed by atoms with Gasteiger partial charge in [0.15, 0.2) is 6.10 Å². The maximum Gasteiger partial charge on any atom is 0.336 e. The van der Waals surface area contributed by atoms with Gasteiger partial charge in [0.25, 0.3) is 0 Å². The van der Waals surface area contributed by atoms with Crippen LogP contribution in [0, 0.1) is 5.92 Å². The predicted molar refractivity (Wildman–Crippen MR) is 72.7 cm³/mol. The molecule has 120 valence electrons. The van der Waals surface area contributed by atoms with Crippen LogP contribution in [0.4, 0.5) is 4.79 Å². The number of carboxylic acid groups (broad SMARTS) is 1. The van der Waals surface area contributed by atoms with Crippen LogP contribution in [0.2, 0.25) is 0 Å². The zero-order valence-electron chi connectivity index (χ0n) is 12.5. The lowest BCUT2D eigenvalue weighted by Crippen LogP contribution is -2.55. The van der Waals surface area contributed by atoms with Gasteiger partial charge in [0.1, 0.15) is 6.04 Å². The predicted octanol–water partition coefficient (Wildman–Crippen LogP) is 0.0691. The highest BCUT2D eigenvalue weighted by molar-refractivity contribution is 5.83. The normalized spacial score (nSPS) is 20.0. The Balaban J connectivity index is 2.60. The van der Waals surface area contributed by atoms with Crippen LogP contribution < -0.4 is 5.32 Å². The SMILES string of the molecule is COC(=O)C1CN(C(=O)N[C@H](CC(C)C)C(=O)O)CCO1. The van der Waals surface area contributed by atoms with E-state index < -0.39 is 30.1 Å². The van der Waals surface area contributed by atoms with E-state index in [1.165, 1.54) is 12.0 Å². The minimum Gasteiger partial charge on any atom is -0.480 e. The van der Waals surface area contributed by atoms with Crippen molar-refractivity contribution in [3.05, 3.63) is 0 Å². The molecule has 2 N–H and O–H groups in total. The Labute approximate surface area is 123 Å². The van der Waals surface area contributed by atoms with E-state index in [-0.39, 0.29) is 19.1 Å². The van der Waals surface area contributed by atoms with Gasteiger partial charge in [0.2, 0.25) is 0 Å². The van der Waals surface area contributed by atoms with E-state index >= 15 is 0 Å². The molecule has 0 aromatic rings. The number of nitrogens with one attached hydrogen (secondary N) is 1. The second kappa shape index (κ2) is 7.82. The van der Waals surface area contributed by atoms with Crippen molar-refractivity contribution >= 4 is 18.0 Å². The third kappa shape index (κ3) is 5.22. The number of hydrogen-bond acceptors (Lipinski definition) is 5. The molecule has 8 heteroatoms. The molecule has 1 saturated heterocycles. The van der Waals surface area contributed by atoms with E-state index in [1.807, 2.05) is 13.8 Å². The summed E-state index contributed by atoms with van der Waals surface area (Å²) in [6, 6.07) is -1.46. The number of morpholine rings is 1. The second-order valence-corrected chi connectivity index (χ2v) is 5.30. The van der Waals surface area contributed by atoms with Gasteiger partial charge in [0, 0.05) is 6.54 Å². The van der Waals surface area contributed by atoms with Crippen LogP contribution in [0.25, 0.3) is 0 Å². The fourth-order valence-corrected chi connectivity index (χ4v) is 2.04. The summed E-state index contributed by atoms with van der Waals surface area (Å²) in [6.45, 7) is 4.31. The molecule has 1 aliphatic rings. The van der Waals surface area contributed by atoms with Crippen molar-refractivity contribution in [2.45, 2.75) is 32.4 Å². The van der Waals surface area contributed by atoms with E-state index in [0.29, 0.717) is 13.0 Å². The summed E-state index contributed by atoms with van der Waals surface area (Å²) >= 11 is 0. The first-order valence-electron chi connectivity index (χ1n) is 6.82. The van der Waals surface area contributed by atoms with Crippen molar-refractivity contribution in [3.8, 4) is 0 Å². The Morgan fingerprint density at radius 1 is 1.43 bits per heavy atom. The molecule has 1 unspecified atom stereocenters. The number of carboxylic acids is 1. The minimum absolute atomic E-state index is 0.0481. The number of amides is 2. The maximum atomic E-state index is 12.1. The molecule has 2 amide bonds. The Morgan fingerprint density at radius 3 is 2.62 bits per heavy atom. The molecule has 8 nitrogen and oxygen atoms in total. The Bertz CT molecular complexity index is 398. The molecule has 0 aliphatic carbocycles. The third-order valence-corrected chi connectivity index (χ3v) is 3.12. The fourth-order valence-electron chi connectivity index (χ4n) is 2.04. The van der Waals surface area contributed by atoms with E-state index in [4.69, 9.17) is 9.84 Å². The van der Waals surface area contributed by atoms with E-state index in [2.05, 4.69) is 10.1 Å². The first-order valence-corrected chi connectivity index (χ1v) is 6.82. The largest absolute Gasteiger partial charge is 0.480 e. The third-order valence-electron chi connectivity index (χ3n) is 3.12. The van der Waals surface area contributed by atoms with Crippen molar-refractivity contribution in [1.82, 2.24) is 10.2 Å². The molecule has 0 aromatic carbocycles. The number of rotatable bonds is 5. The second-order valence-electron chi connectivity index (χ2n) is 5.30. The molecule has 1 heterocycles. The molecule has 0 spiro atoms. The number of carbonyl (C=O) groups excluding carboxylic acids is 2. The van der Waals surface area contributed by atoms with Crippen LogP contribution >= 0.6 is 0 Å². The Morgan fingerprint density at radius 2 is 2.10 bits per heavy atom. The highest BCUT2D eigenvalue weighted by atomic mass is 16.6. The lowest BCUT2D eigenvalue weighted by Gasteiger charge is -2.32. The van der Waals surface area contributed by atoms with Crippen LogP contribution in [0.3, 0.4) is 0 Å². The highest BCUT2D eigenvalue weighted by Crippen LogP contribution is 2.09. The molecule has 21 heavy (non-hydrogen) atoms. The molecule has 0 radical (unpaired) electrons. The van der Waals surface area contributed by atoms with Gasteiger partial charge >= 0.3 is 18.0 Å². The van der Waals surface area contributed by atoms with Crippen LogP contribution in [0.1, 0.15) is 20.3 Å². The monoisotopic (exact) mass is 302 g/mol. The molecule has 0 bridgehead atoms. The number of aliphatic carboxylic acids is 1. The van der Waals surface area contributed by atoms with Crippen molar-refractivity contribution in [3.63, 3.8) is 0 Å². The van der Waals surface area contributed by atoms with Gasteiger partial charge in [-0.15, -0.1) is 0 Å². The topological polar surface area (TPSA) is 105 Å². The maximum absolute atomic E-state index is 12.1. The Hall–Kier alpha value is -1.83. The van der Waals surface area contributed by atoms with Gasteiger partial charge in [-0.2, -0.15) is 0 Å². The summed E-state index contributed by atoms with van der Waals surface area (Å²) in [5.41, 5.74) is 0. The van der Waals surface area contributed by atoms with Crippen molar-refractivity contribution in [2.24, 2.45) is 5.92 Å². The summed E-state index contributed by atoms with van der Waals surface area (Å²) in [5, 5.41) is 11.6. The summed E-state index contributed by atoms with van der Waals surface area (Å²) in [7, 11) is 1.24. The van der Waals surface area contributed by atoms with E-state index in [9.17, 15) is 14.4 Å². The van der Waals surface area contributed by atoms with Crippen molar-refractivity contribution < 1.29 is 29.0 Å². The van der Waals surface area contributed by atoms with Gasteiger partial charge in [-0.25, -0.2) is 14.4 Å². The smallest absolute Gasteiger partial charge is 0.336 e. The van der Waals surface area contributed by atoms with Gasteiger partial charge < -0.3 is 24.8 Å². The summed E-state index contributed by atoms with van der Waals surface area (Å²) in [5.74, 6) is -1.49. The van der Waals surface area contributed by atoms with Crippen molar-refractivity contribution in [1.29, 1.82) is 0 Å². The first-order chi connectivity index (χ1) is 9.85. The molecule has 0 aromatic heterocycles. The van der Waals surface area contributed by atoms with Gasteiger partial charge in [-0.05, 0) is 12.3 Å². The van der Waals surface area contributed by atoms with E-state index in [1.54, 1.807) is 0 Å². The zero-order valence-corrected chi connectivity index (χ0v) is 12.5. The van der Waals surface area contributed by atoms with Crippen LogP contribution in [0.15, 0.2) is 0 Å². The van der Waals surface area contributed by atoms with Crippen LogP contribution in [-0.2, 0) is 19.1 Å². The van der Waals surface area contributed by atoms with E-state index in [0.717, 1.165) is 0 Å². The van der Waals surface area contributed by atoms with Crippen LogP contribution in [0.5, 0.6) is 0 Å². The first kappa shape index (κ1) is 17.2. The molecule has 0 saturated carbocycles. The lowest BCUT2D eigenvalue weighted by atomic mass is 10.0. The average Bonchev–Trinajstić information content (AvgIpc) is 2.45. The molecule has 2 atom stereocenters. The summed E-state index contributed by atoms with van der Waals surface area (Å²) in [6.07, 6.45) is -0.492. The molecular formula is C13H22N2O6. The van der Waals surface area contributed by atoms with Gasteiger partial charge in [-0.1, -0.05) is 13.8 Å². The van der Waals surface area contributed by atoms with Gasteiger partial charge in [0.05, 0.1) is 20.3 Å². The number of urea groups is 1. The number of methoxy groups -OCH3 is 1. The van der Waals surface area contributed by atoms with Crippen molar-refractivity contribution in [2.75, 3.05) is 26.8 Å². The summed E-state index contributed by atoms with van der Waals surface area (Å²) < 4.78 is 9.79. The van der Waals surface area contributed by atoms with Gasteiger partial charge in [-0.3, -0.25) is 0 Å². The molecule has 1 rings (SSSR count). The number of nitrogens with zero attached hydrogens (tertiary/aromatic N) is 1. The minimum atomic E-state index is -1.07. The standard InChI is InChI=1S/C13H22N2O6/c1-8(2)6-9(11(16)17)14-13(19)15-4-5-21-10(7-15)12(18)20-3/h8-10H,4-7H2,1-3H3,(H,14,19)(H,16,17)/t9-,10?/m1/s1. The summed E-state index contributed by atoms with van der Waals surface area (Å²) in [4.78, 5) is 36.0. The number of carbonyl (C=O) groups is 3. The molecule has 1 fully saturated rings. The number of esters is 1. The van der Waals surface area contributed by atoms with Crippen LogP contribution in [-0.4, -0.2) is 66.9 Å².